The number of methoxy groups -OCH3 is 1. The summed E-state index contributed by atoms with van der Waals surface area (Å²) < 4.78 is 12.3. The van der Waals surface area contributed by atoms with Crippen LogP contribution < -0.4 is 10.1 Å². The van der Waals surface area contributed by atoms with Gasteiger partial charge in [0.15, 0.2) is 0 Å². The Hall–Kier alpha value is -1.10. The summed E-state index contributed by atoms with van der Waals surface area (Å²) in [6.07, 6.45) is 4.70. The zero-order valence-electron chi connectivity index (χ0n) is 15.0. The molecule has 1 N–H and O–H groups in total. The van der Waals surface area contributed by atoms with Crippen molar-refractivity contribution in [3.8, 4) is 5.75 Å². The lowest BCUT2D eigenvalue weighted by Gasteiger charge is -2.64. The lowest BCUT2D eigenvalue weighted by atomic mass is 9.46. The van der Waals surface area contributed by atoms with E-state index in [2.05, 4.69) is 42.5 Å². The fraction of sp³-hybridized carbons (Fsp3) is 0.700. The summed E-state index contributed by atoms with van der Waals surface area (Å²) in [4.78, 5) is 2.56. The second kappa shape index (κ2) is 4.96. The monoisotopic (exact) mass is 328 g/mol. The van der Waals surface area contributed by atoms with Crippen LogP contribution in [0.3, 0.4) is 0 Å². The quantitative estimate of drug-likeness (QED) is 0.900. The van der Waals surface area contributed by atoms with Gasteiger partial charge < -0.3 is 19.7 Å². The normalized spacial score (nSPS) is 43.2. The maximum atomic E-state index is 6.74. The average molecular weight is 328 g/mol. The fourth-order valence-electron chi connectivity index (χ4n) is 6.68. The molecule has 1 saturated carbocycles. The van der Waals surface area contributed by atoms with Gasteiger partial charge in [0.25, 0.3) is 0 Å². The molecular weight excluding hydrogens is 300 g/mol. The summed E-state index contributed by atoms with van der Waals surface area (Å²) in [5.74, 6) is 1.56. The Bertz CT molecular complexity index is 678. The highest BCUT2D eigenvalue weighted by molar-refractivity contribution is 5.50. The Morgan fingerprint density at radius 1 is 1.33 bits per heavy atom. The highest BCUT2D eigenvalue weighted by Gasteiger charge is 2.72. The minimum Gasteiger partial charge on any atom is -0.497 e. The molecule has 3 fully saturated rings. The fourth-order valence-corrected chi connectivity index (χ4v) is 6.68. The van der Waals surface area contributed by atoms with E-state index in [9.17, 15) is 0 Å². The van der Waals surface area contributed by atoms with E-state index in [1.165, 1.54) is 36.9 Å². The molecule has 2 heterocycles. The van der Waals surface area contributed by atoms with Gasteiger partial charge in [-0.05, 0) is 69.6 Å². The van der Waals surface area contributed by atoms with Gasteiger partial charge in [0.2, 0.25) is 0 Å². The molecule has 5 unspecified atom stereocenters. The lowest BCUT2D eigenvalue weighted by Crippen LogP contribution is -2.73. The number of hydrogen-bond acceptors (Lipinski definition) is 4. The molecule has 4 bridgehead atoms. The van der Waals surface area contributed by atoms with Crippen molar-refractivity contribution < 1.29 is 9.47 Å². The molecule has 0 radical (unpaired) electrons. The van der Waals surface area contributed by atoms with Crippen molar-refractivity contribution in [1.82, 2.24) is 10.2 Å². The van der Waals surface area contributed by atoms with Crippen molar-refractivity contribution in [3.05, 3.63) is 29.3 Å². The largest absolute Gasteiger partial charge is 0.497 e. The third kappa shape index (κ3) is 1.56. The van der Waals surface area contributed by atoms with Gasteiger partial charge in [0, 0.05) is 23.4 Å². The van der Waals surface area contributed by atoms with Crippen molar-refractivity contribution in [2.75, 3.05) is 34.4 Å². The first-order valence-corrected chi connectivity index (χ1v) is 9.35. The molecule has 1 aromatic rings. The van der Waals surface area contributed by atoms with Crippen LogP contribution >= 0.6 is 0 Å². The molecule has 5 rings (SSSR count). The van der Waals surface area contributed by atoms with Gasteiger partial charge in [0.05, 0.1) is 19.3 Å². The molecular formula is C20H28N2O2. The van der Waals surface area contributed by atoms with E-state index in [-0.39, 0.29) is 11.0 Å². The zero-order chi connectivity index (χ0) is 16.5. The summed E-state index contributed by atoms with van der Waals surface area (Å²) in [5.41, 5.74) is 3.18. The van der Waals surface area contributed by atoms with Crippen LogP contribution in [-0.2, 0) is 16.6 Å². The van der Waals surface area contributed by atoms with Crippen LogP contribution in [0.2, 0.25) is 0 Å². The minimum atomic E-state index is -0.00260. The molecule has 0 aromatic heterocycles. The molecule has 4 aliphatic rings. The van der Waals surface area contributed by atoms with Gasteiger partial charge in [0.1, 0.15) is 5.75 Å². The molecule has 2 aliphatic heterocycles. The number of rotatable bonds is 2. The van der Waals surface area contributed by atoms with E-state index in [4.69, 9.17) is 9.47 Å². The van der Waals surface area contributed by atoms with Crippen LogP contribution in [0.5, 0.6) is 5.75 Å². The molecule has 4 nitrogen and oxygen atoms in total. The molecule has 2 aliphatic carbocycles. The van der Waals surface area contributed by atoms with Crippen molar-refractivity contribution >= 4 is 0 Å². The van der Waals surface area contributed by atoms with E-state index in [1.54, 1.807) is 7.11 Å². The Balaban J connectivity index is 1.77. The molecule has 24 heavy (non-hydrogen) atoms. The van der Waals surface area contributed by atoms with Gasteiger partial charge in [-0.15, -0.1) is 0 Å². The lowest BCUT2D eigenvalue weighted by molar-refractivity contribution is -0.142. The number of fused-ring (bicyclic) bond motifs is 1. The second-order valence-corrected chi connectivity index (χ2v) is 8.19. The van der Waals surface area contributed by atoms with Crippen molar-refractivity contribution in [2.24, 2.45) is 5.92 Å². The highest BCUT2D eigenvalue weighted by Crippen LogP contribution is 2.65. The third-order valence-electron chi connectivity index (χ3n) is 7.73. The van der Waals surface area contributed by atoms with Gasteiger partial charge >= 0.3 is 0 Å². The summed E-state index contributed by atoms with van der Waals surface area (Å²) in [5, 5.41) is 3.61. The maximum absolute atomic E-state index is 6.74. The second-order valence-electron chi connectivity index (χ2n) is 8.19. The average Bonchev–Trinajstić information content (AvgIpc) is 2.85. The van der Waals surface area contributed by atoms with E-state index in [1.807, 2.05) is 0 Å². The van der Waals surface area contributed by atoms with Crippen molar-refractivity contribution in [1.29, 1.82) is 0 Å². The number of likely N-dealkylation sites (tertiary alicyclic amines) is 1. The third-order valence-corrected chi connectivity index (χ3v) is 7.73. The SMILES string of the molecule is CNC1CCC23OCC1C21CCN(C)C3Cc2ccc(OC)cc21. The van der Waals surface area contributed by atoms with Gasteiger partial charge in [-0.2, -0.15) is 0 Å². The number of benzene rings is 1. The Morgan fingerprint density at radius 2 is 2.21 bits per heavy atom. The number of likely N-dealkylation sites (N-methyl/N-ethyl adjacent to an activating group) is 1. The summed E-state index contributed by atoms with van der Waals surface area (Å²) in [7, 11) is 6.19. The highest BCUT2D eigenvalue weighted by atomic mass is 16.5. The van der Waals surface area contributed by atoms with Crippen LogP contribution in [0.25, 0.3) is 0 Å². The molecule has 0 amide bonds. The summed E-state index contributed by atoms with van der Waals surface area (Å²) in [6.45, 7) is 2.06. The predicted octanol–water partition coefficient (Wildman–Crippen LogP) is 1.96. The smallest absolute Gasteiger partial charge is 0.119 e. The van der Waals surface area contributed by atoms with E-state index >= 15 is 0 Å². The topological polar surface area (TPSA) is 33.7 Å². The van der Waals surface area contributed by atoms with E-state index in [0.29, 0.717) is 18.0 Å². The molecule has 4 heteroatoms. The zero-order valence-corrected chi connectivity index (χ0v) is 15.0. The van der Waals surface area contributed by atoms with E-state index in [0.717, 1.165) is 18.8 Å². The Morgan fingerprint density at radius 3 is 3.00 bits per heavy atom. The first-order chi connectivity index (χ1) is 11.7. The Labute approximate surface area is 144 Å². The van der Waals surface area contributed by atoms with E-state index < -0.39 is 0 Å². The molecule has 5 atom stereocenters. The first-order valence-electron chi connectivity index (χ1n) is 9.35. The number of piperidine rings is 1. The van der Waals surface area contributed by atoms with Crippen LogP contribution in [0.4, 0.5) is 0 Å². The van der Waals surface area contributed by atoms with Crippen LogP contribution in [0.15, 0.2) is 18.2 Å². The Kier molecular flexibility index (Phi) is 3.14. The van der Waals surface area contributed by atoms with Gasteiger partial charge in [-0.25, -0.2) is 0 Å². The number of ether oxygens (including phenoxy) is 2. The first kappa shape index (κ1) is 15.2. The number of nitrogens with one attached hydrogen (secondary N) is 1. The summed E-state index contributed by atoms with van der Waals surface area (Å²) in [6, 6.07) is 7.82. The van der Waals surface area contributed by atoms with Crippen LogP contribution in [0.1, 0.15) is 30.4 Å². The number of nitrogens with zero attached hydrogens (tertiary/aromatic N) is 1. The molecule has 2 saturated heterocycles. The molecule has 1 aromatic carbocycles. The molecule has 0 spiro atoms. The summed E-state index contributed by atoms with van der Waals surface area (Å²) >= 11 is 0. The van der Waals surface area contributed by atoms with Crippen molar-refractivity contribution in [2.45, 2.75) is 48.8 Å². The molecule has 130 valence electrons. The number of hydrogen-bond donors (Lipinski definition) is 1. The van der Waals surface area contributed by atoms with Gasteiger partial charge in [-0.3, -0.25) is 0 Å². The van der Waals surface area contributed by atoms with Crippen molar-refractivity contribution in [3.63, 3.8) is 0 Å². The van der Waals surface area contributed by atoms with Crippen LogP contribution in [-0.4, -0.2) is 56.9 Å². The van der Waals surface area contributed by atoms with Crippen LogP contribution in [0, 0.1) is 5.92 Å². The predicted molar refractivity (Wildman–Crippen MR) is 93.7 cm³/mol. The maximum Gasteiger partial charge on any atom is 0.119 e. The standard InChI is InChI=1S/C20H28N2O2/c1-21-17-6-7-20-18-10-13-4-5-14(23-3)11-15(13)19(20,8-9-22(18)2)16(17)12-24-20/h4-5,11,16-18,21H,6-10,12H2,1-3H3. The van der Waals surface area contributed by atoms with Gasteiger partial charge in [-0.1, -0.05) is 6.07 Å². The minimum absolute atomic E-state index is 0.00260.